The van der Waals surface area contributed by atoms with Gasteiger partial charge < -0.3 is 14.6 Å². The number of amides is 1. The van der Waals surface area contributed by atoms with Gasteiger partial charge in [-0.1, -0.05) is 26.2 Å². The zero-order chi connectivity index (χ0) is 17.2. The third-order valence-corrected chi connectivity index (χ3v) is 3.83. The molecular formula is C19H27N3O2. The van der Waals surface area contributed by atoms with Gasteiger partial charge in [0, 0.05) is 25.0 Å². The molecule has 0 bridgehead atoms. The summed E-state index contributed by atoms with van der Waals surface area (Å²) < 4.78 is 8.22. The number of aromatic nitrogens is 2. The van der Waals surface area contributed by atoms with E-state index in [-0.39, 0.29) is 12.0 Å². The van der Waals surface area contributed by atoms with Crippen LogP contribution in [0.3, 0.4) is 0 Å². The van der Waals surface area contributed by atoms with Crippen LogP contribution in [-0.2, 0) is 11.3 Å². The third kappa shape index (κ3) is 6.44. The van der Waals surface area contributed by atoms with Crippen LogP contribution < -0.4 is 10.1 Å². The van der Waals surface area contributed by atoms with Gasteiger partial charge in [0.2, 0.25) is 5.91 Å². The number of nitrogens with one attached hydrogen (secondary N) is 1. The Bertz CT molecular complexity index is 594. The van der Waals surface area contributed by atoms with E-state index < -0.39 is 0 Å². The van der Waals surface area contributed by atoms with Gasteiger partial charge in [0.25, 0.3) is 0 Å². The van der Waals surface area contributed by atoms with Crippen molar-refractivity contribution in [2.24, 2.45) is 0 Å². The van der Waals surface area contributed by atoms with Crippen LogP contribution in [-0.4, -0.2) is 21.6 Å². The van der Waals surface area contributed by atoms with Gasteiger partial charge in [0.1, 0.15) is 11.9 Å². The van der Waals surface area contributed by atoms with Crippen LogP contribution in [0.15, 0.2) is 43.0 Å². The van der Waals surface area contributed by atoms with Crippen molar-refractivity contribution in [1.29, 1.82) is 0 Å². The summed E-state index contributed by atoms with van der Waals surface area (Å²) in [6.45, 7) is 4.51. The molecule has 5 nitrogen and oxygen atoms in total. The van der Waals surface area contributed by atoms with Crippen LogP contribution in [0.2, 0.25) is 0 Å². The minimum Gasteiger partial charge on any atom is -0.489 e. The molecule has 1 unspecified atom stereocenters. The molecule has 0 fully saturated rings. The lowest BCUT2D eigenvalue weighted by Crippen LogP contribution is -2.22. The molecule has 24 heavy (non-hydrogen) atoms. The maximum atomic E-state index is 11.1. The van der Waals surface area contributed by atoms with Crippen LogP contribution in [0.4, 0.5) is 5.69 Å². The lowest BCUT2D eigenvalue weighted by Gasteiger charge is -2.20. The van der Waals surface area contributed by atoms with Crippen LogP contribution in [0.25, 0.3) is 0 Å². The van der Waals surface area contributed by atoms with Gasteiger partial charge in [-0.25, -0.2) is 4.98 Å². The van der Waals surface area contributed by atoms with Gasteiger partial charge in [-0.3, -0.25) is 4.79 Å². The number of carbonyl (C=O) groups excluding carboxylic acids is 1. The molecule has 2 rings (SSSR count). The average molecular weight is 329 g/mol. The van der Waals surface area contributed by atoms with Crippen molar-refractivity contribution < 1.29 is 9.53 Å². The largest absolute Gasteiger partial charge is 0.489 e. The van der Waals surface area contributed by atoms with Crippen molar-refractivity contribution in [3.63, 3.8) is 0 Å². The molecule has 1 amide bonds. The number of ether oxygens (including phenoxy) is 1. The first-order chi connectivity index (χ1) is 11.7. The maximum Gasteiger partial charge on any atom is 0.221 e. The molecule has 1 N–H and O–H groups in total. The van der Waals surface area contributed by atoms with Crippen molar-refractivity contribution >= 4 is 11.6 Å². The first-order valence-electron chi connectivity index (χ1n) is 8.67. The van der Waals surface area contributed by atoms with E-state index in [9.17, 15) is 4.79 Å². The molecule has 130 valence electrons. The zero-order valence-corrected chi connectivity index (χ0v) is 14.6. The highest BCUT2D eigenvalue weighted by Gasteiger charge is 2.11. The predicted octanol–water partition coefficient (Wildman–Crippen LogP) is 4.26. The van der Waals surface area contributed by atoms with E-state index in [1.807, 2.05) is 36.8 Å². The number of rotatable bonds is 10. The Balaban J connectivity index is 1.93. The average Bonchev–Trinajstić information content (AvgIpc) is 3.06. The van der Waals surface area contributed by atoms with E-state index in [4.69, 9.17) is 4.74 Å². The SMILES string of the molecule is CCCCCCC(Cn1ccnc1)Oc1ccc(NC(C)=O)cc1. The van der Waals surface area contributed by atoms with Crippen molar-refractivity contribution in [2.45, 2.75) is 58.6 Å². The molecule has 0 radical (unpaired) electrons. The first kappa shape index (κ1) is 18.0. The number of benzene rings is 1. The maximum absolute atomic E-state index is 11.1. The molecular weight excluding hydrogens is 302 g/mol. The first-order valence-corrected chi connectivity index (χ1v) is 8.67. The predicted molar refractivity (Wildman–Crippen MR) is 96.1 cm³/mol. The molecule has 0 aliphatic carbocycles. The number of anilines is 1. The van der Waals surface area contributed by atoms with E-state index in [1.165, 1.54) is 26.2 Å². The van der Waals surface area contributed by atoms with Crippen molar-refractivity contribution in [1.82, 2.24) is 9.55 Å². The fraction of sp³-hybridized carbons (Fsp3) is 0.474. The van der Waals surface area contributed by atoms with Gasteiger partial charge in [-0.15, -0.1) is 0 Å². The number of hydrogen-bond donors (Lipinski definition) is 1. The summed E-state index contributed by atoms with van der Waals surface area (Å²) in [7, 11) is 0. The Morgan fingerprint density at radius 2 is 2.04 bits per heavy atom. The van der Waals surface area contributed by atoms with Gasteiger partial charge in [0.15, 0.2) is 0 Å². The Hall–Kier alpha value is -2.30. The molecule has 1 aromatic carbocycles. The van der Waals surface area contributed by atoms with E-state index >= 15 is 0 Å². The van der Waals surface area contributed by atoms with E-state index in [0.29, 0.717) is 0 Å². The summed E-state index contributed by atoms with van der Waals surface area (Å²) in [5.74, 6) is 0.752. The normalized spacial score (nSPS) is 11.9. The molecule has 1 atom stereocenters. The second kappa shape index (κ2) is 9.75. The number of imidazole rings is 1. The molecule has 0 saturated carbocycles. The monoisotopic (exact) mass is 329 g/mol. The molecule has 0 spiro atoms. The standard InChI is InChI=1S/C19H27N3O2/c1-3-4-5-6-7-19(14-22-13-12-20-15-22)24-18-10-8-17(9-11-18)21-16(2)23/h8-13,15,19H,3-7,14H2,1-2H3,(H,21,23). The van der Waals surface area contributed by atoms with E-state index in [0.717, 1.165) is 30.8 Å². The minimum absolute atomic E-state index is 0.0717. The highest BCUT2D eigenvalue weighted by Crippen LogP contribution is 2.19. The lowest BCUT2D eigenvalue weighted by molar-refractivity contribution is -0.114. The Kier molecular flexibility index (Phi) is 7.33. The highest BCUT2D eigenvalue weighted by molar-refractivity contribution is 5.88. The summed E-state index contributed by atoms with van der Waals surface area (Å²) in [5, 5.41) is 2.76. The molecule has 1 aromatic heterocycles. The number of unbranched alkanes of at least 4 members (excludes halogenated alkanes) is 3. The fourth-order valence-corrected chi connectivity index (χ4v) is 2.63. The lowest BCUT2D eigenvalue weighted by atomic mass is 10.1. The molecule has 5 heteroatoms. The Morgan fingerprint density at radius 3 is 2.67 bits per heavy atom. The van der Waals surface area contributed by atoms with Crippen molar-refractivity contribution in [2.75, 3.05) is 5.32 Å². The quantitative estimate of drug-likeness (QED) is 0.663. The zero-order valence-electron chi connectivity index (χ0n) is 14.6. The van der Waals surface area contributed by atoms with Crippen LogP contribution in [0.5, 0.6) is 5.75 Å². The topological polar surface area (TPSA) is 56.1 Å². The fourth-order valence-electron chi connectivity index (χ4n) is 2.63. The number of nitrogens with zero attached hydrogens (tertiary/aromatic N) is 2. The number of hydrogen-bond acceptors (Lipinski definition) is 3. The summed E-state index contributed by atoms with van der Waals surface area (Å²) in [4.78, 5) is 15.2. The van der Waals surface area contributed by atoms with Gasteiger partial charge in [-0.2, -0.15) is 0 Å². The Labute approximate surface area is 144 Å². The smallest absolute Gasteiger partial charge is 0.221 e. The molecule has 0 saturated heterocycles. The van der Waals surface area contributed by atoms with Crippen molar-refractivity contribution in [3.8, 4) is 5.75 Å². The Morgan fingerprint density at radius 1 is 1.25 bits per heavy atom. The summed E-state index contributed by atoms with van der Waals surface area (Å²) in [5.41, 5.74) is 0.781. The van der Waals surface area contributed by atoms with E-state index in [1.54, 1.807) is 6.20 Å². The third-order valence-electron chi connectivity index (χ3n) is 3.83. The van der Waals surface area contributed by atoms with Crippen LogP contribution >= 0.6 is 0 Å². The number of carbonyl (C=O) groups is 1. The summed E-state index contributed by atoms with van der Waals surface area (Å²) in [6, 6.07) is 7.53. The van der Waals surface area contributed by atoms with Gasteiger partial charge in [0.05, 0.1) is 12.9 Å². The molecule has 0 aliphatic heterocycles. The van der Waals surface area contributed by atoms with Crippen molar-refractivity contribution in [3.05, 3.63) is 43.0 Å². The minimum atomic E-state index is -0.0717. The molecule has 1 heterocycles. The van der Waals surface area contributed by atoms with Crippen LogP contribution in [0, 0.1) is 0 Å². The molecule has 2 aromatic rings. The summed E-state index contributed by atoms with van der Waals surface area (Å²) in [6.07, 6.45) is 11.6. The van der Waals surface area contributed by atoms with Gasteiger partial charge >= 0.3 is 0 Å². The second-order valence-electron chi connectivity index (χ2n) is 6.05. The second-order valence-corrected chi connectivity index (χ2v) is 6.05. The van der Waals surface area contributed by atoms with Crippen LogP contribution in [0.1, 0.15) is 46.0 Å². The molecule has 0 aliphatic rings. The van der Waals surface area contributed by atoms with Gasteiger partial charge in [-0.05, 0) is 37.1 Å². The highest BCUT2D eigenvalue weighted by atomic mass is 16.5. The van der Waals surface area contributed by atoms with E-state index in [2.05, 4.69) is 21.8 Å². The summed E-state index contributed by atoms with van der Waals surface area (Å²) >= 11 is 0.